The lowest BCUT2D eigenvalue weighted by molar-refractivity contribution is 0.202. The van der Waals surface area contributed by atoms with Crippen molar-refractivity contribution in [3.8, 4) is 0 Å². The molecule has 0 amide bonds. The summed E-state index contributed by atoms with van der Waals surface area (Å²) in [5.41, 5.74) is 6.22. The molecular formula is C15H26N2O3S. The van der Waals surface area contributed by atoms with E-state index >= 15 is 0 Å². The van der Waals surface area contributed by atoms with Gasteiger partial charge in [0, 0.05) is 19.2 Å². The molecule has 1 rings (SSSR count). The smallest absolute Gasteiger partial charge is 0.241 e. The van der Waals surface area contributed by atoms with Crippen molar-refractivity contribution in [2.45, 2.75) is 43.5 Å². The van der Waals surface area contributed by atoms with Gasteiger partial charge in [-0.1, -0.05) is 26.0 Å². The van der Waals surface area contributed by atoms with E-state index in [1.165, 1.54) is 0 Å². The first-order chi connectivity index (χ1) is 9.93. The van der Waals surface area contributed by atoms with E-state index < -0.39 is 15.6 Å². The second-order valence-corrected chi connectivity index (χ2v) is 6.87. The van der Waals surface area contributed by atoms with Gasteiger partial charge in [-0.05, 0) is 37.0 Å². The summed E-state index contributed by atoms with van der Waals surface area (Å²) in [7, 11) is -1.91. The first-order valence-corrected chi connectivity index (χ1v) is 8.73. The minimum Gasteiger partial charge on any atom is -0.384 e. The zero-order valence-electron chi connectivity index (χ0n) is 13.1. The Morgan fingerprint density at radius 3 is 2.19 bits per heavy atom. The summed E-state index contributed by atoms with van der Waals surface area (Å²) in [5, 5.41) is 0. The fourth-order valence-electron chi connectivity index (χ4n) is 2.12. The maximum Gasteiger partial charge on any atom is 0.241 e. The van der Waals surface area contributed by atoms with E-state index in [2.05, 4.69) is 4.72 Å². The molecule has 120 valence electrons. The van der Waals surface area contributed by atoms with Gasteiger partial charge in [0.2, 0.25) is 10.0 Å². The number of benzene rings is 1. The highest BCUT2D eigenvalue weighted by Gasteiger charge is 2.30. The number of rotatable bonds is 9. The van der Waals surface area contributed by atoms with E-state index in [1.54, 1.807) is 19.2 Å². The van der Waals surface area contributed by atoms with Crippen LogP contribution in [-0.4, -0.2) is 34.2 Å². The molecule has 0 radical (unpaired) electrons. The second-order valence-electron chi connectivity index (χ2n) is 5.18. The summed E-state index contributed by atoms with van der Waals surface area (Å²) in [5.74, 6) is 0. The van der Waals surface area contributed by atoms with Crippen LogP contribution >= 0.6 is 0 Å². The molecule has 0 fully saturated rings. The third kappa shape index (κ3) is 4.78. The average Bonchev–Trinajstić information content (AvgIpc) is 2.51. The van der Waals surface area contributed by atoms with Crippen molar-refractivity contribution in [2.24, 2.45) is 5.73 Å². The van der Waals surface area contributed by atoms with Crippen molar-refractivity contribution in [3.05, 3.63) is 29.8 Å². The summed E-state index contributed by atoms with van der Waals surface area (Å²) in [6.45, 7) is 4.77. The normalized spacial score (nSPS) is 12.6. The number of sulfonamides is 1. The quantitative estimate of drug-likeness (QED) is 0.726. The number of hydrogen-bond donors (Lipinski definition) is 2. The van der Waals surface area contributed by atoms with E-state index in [-0.39, 0.29) is 11.4 Å². The van der Waals surface area contributed by atoms with Gasteiger partial charge in [0.1, 0.15) is 0 Å². The summed E-state index contributed by atoms with van der Waals surface area (Å²) >= 11 is 0. The second kappa shape index (κ2) is 7.89. The summed E-state index contributed by atoms with van der Waals surface area (Å²) in [6.07, 6.45) is 2.08. The van der Waals surface area contributed by atoms with Crippen LogP contribution in [0.5, 0.6) is 0 Å². The Labute approximate surface area is 127 Å². The van der Waals surface area contributed by atoms with E-state index in [9.17, 15) is 8.42 Å². The molecule has 6 heteroatoms. The highest BCUT2D eigenvalue weighted by molar-refractivity contribution is 7.89. The van der Waals surface area contributed by atoms with Gasteiger partial charge in [-0.25, -0.2) is 13.1 Å². The van der Waals surface area contributed by atoms with E-state index in [0.29, 0.717) is 19.4 Å². The molecule has 0 spiro atoms. The molecule has 0 bridgehead atoms. The zero-order valence-corrected chi connectivity index (χ0v) is 13.9. The molecule has 1 aromatic rings. The zero-order chi connectivity index (χ0) is 15.9. The van der Waals surface area contributed by atoms with Gasteiger partial charge in [0.15, 0.2) is 0 Å². The minimum atomic E-state index is -3.55. The molecule has 5 nitrogen and oxygen atoms in total. The molecular weight excluding hydrogens is 288 g/mol. The highest BCUT2D eigenvalue weighted by atomic mass is 32.2. The van der Waals surface area contributed by atoms with Crippen LogP contribution in [0.1, 0.15) is 32.3 Å². The van der Waals surface area contributed by atoms with Gasteiger partial charge >= 0.3 is 0 Å². The standard InChI is InChI=1S/C15H26N2O3S/c1-4-15(5-2,12-16)17-21(18,19)14-8-6-13(7-9-14)10-11-20-3/h6-9,17H,4-5,10-12,16H2,1-3H3. The van der Waals surface area contributed by atoms with Gasteiger partial charge in [-0.15, -0.1) is 0 Å². The Morgan fingerprint density at radius 2 is 1.76 bits per heavy atom. The van der Waals surface area contributed by atoms with Crippen molar-refractivity contribution in [1.82, 2.24) is 4.72 Å². The molecule has 1 aromatic carbocycles. The topological polar surface area (TPSA) is 81.4 Å². The molecule has 0 heterocycles. The lowest BCUT2D eigenvalue weighted by Crippen LogP contribution is -2.52. The van der Waals surface area contributed by atoms with Crippen molar-refractivity contribution >= 4 is 10.0 Å². The van der Waals surface area contributed by atoms with Crippen LogP contribution in [0.25, 0.3) is 0 Å². The van der Waals surface area contributed by atoms with Crippen LogP contribution in [0.15, 0.2) is 29.2 Å². The predicted molar refractivity (Wildman–Crippen MR) is 84.7 cm³/mol. The first kappa shape index (κ1) is 18.1. The summed E-state index contributed by atoms with van der Waals surface area (Å²) in [6, 6.07) is 6.88. The van der Waals surface area contributed by atoms with Crippen molar-refractivity contribution in [2.75, 3.05) is 20.3 Å². The van der Waals surface area contributed by atoms with Crippen LogP contribution in [-0.2, 0) is 21.2 Å². The van der Waals surface area contributed by atoms with E-state index in [1.807, 2.05) is 26.0 Å². The van der Waals surface area contributed by atoms with Crippen LogP contribution in [0.4, 0.5) is 0 Å². The summed E-state index contributed by atoms with van der Waals surface area (Å²) < 4.78 is 32.7. The van der Waals surface area contributed by atoms with Crippen LogP contribution < -0.4 is 10.5 Å². The third-order valence-electron chi connectivity index (χ3n) is 3.92. The number of hydrogen-bond acceptors (Lipinski definition) is 4. The van der Waals surface area contributed by atoms with Crippen LogP contribution in [0.3, 0.4) is 0 Å². The maximum atomic E-state index is 12.5. The molecule has 0 saturated heterocycles. The molecule has 21 heavy (non-hydrogen) atoms. The van der Waals surface area contributed by atoms with Crippen molar-refractivity contribution in [3.63, 3.8) is 0 Å². The summed E-state index contributed by atoms with van der Waals surface area (Å²) in [4.78, 5) is 0.267. The largest absolute Gasteiger partial charge is 0.384 e. The number of ether oxygens (including phenoxy) is 1. The van der Waals surface area contributed by atoms with Gasteiger partial charge in [0.05, 0.1) is 11.5 Å². The molecule has 0 saturated carbocycles. The molecule has 0 unspecified atom stereocenters. The number of nitrogens with one attached hydrogen (secondary N) is 1. The number of nitrogens with two attached hydrogens (primary N) is 1. The van der Waals surface area contributed by atoms with Gasteiger partial charge in [-0.2, -0.15) is 0 Å². The van der Waals surface area contributed by atoms with Crippen molar-refractivity contribution in [1.29, 1.82) is 0 Å². The molecule has 0 aliphatic rings. The Morgan fingerprint density at radius 1 is 1.19 bits per heavy atom. The van der Waals surface area contributed by atoms with E-state index in [0.717, 1.165) is 12.0 Å². The molecule has 0 aliphatic heterocycles. The Bertz CT molecular complexity index is 514. The number of methoxy groups -OCH3 is 1. The van der Waals surface area contributed by atoms with Crippen LogP contribution in [0.2, 0.25) is 0 Å². The molecule has 0 aliphatic carbocycles. The third-order valence-corrected chi connectivity index (χ3v) is 5.52. The fraction of sp³-hybridized carbons (Fsp3) is 0.600. The first-order valence-electron chi connectivity index (χ1n) is 7.25. The molecule has 3 N–H and O–H groups in total. The Kier molecular flexibility index (Phi) is 6.80. The average molecular weight is 314 g/mol. The lowest BCUT2D eigenvalue weighted by atomic mass is 9.95. The molecule has 0 aromatic heterocycles. The van der Waals surface area contributed by atoms with E-state index in [4.69, 9.17) is 10.5 Å². The Balaban J connectivity index is 2.92. The van der Waals surface area contributed by atoms with Crippen molar-refractivity contribution < 1.29 is 13.2 Å². The van der Waals surface area contributed by atoms with Gasteiger partial charge in [0.25, 0.3) is 0 Å². The highest BCUT2D eigenvalue weighted by Crippen LogP contribution is 2.19. The molecule has 0 atom stereocenters. The van der Waals surface area contributed by atoms with Gasteiger partial charge in [-0.3, -0.25) is 0 Å². The lowest BCUT2D eigenvalue weighted by Gasteiger charge is -2.31. The maximum absolute atomic E-state index is 12.5. The SMILES string of the molecule is CCC(CC)(CN)NS(=O)(=O)c1ccc(CCOC)cc1. The Hall–Kier alpha value is -0.950. The minimum absolute atomic E-state index is 0.267. The van der Waals surface area contributed by atoms with Crippen LogP contribution in [0, 0.1) is 0 Å². The monoisotopic (exact) mass is 314 g/mol. The fourth-order valence-corrected chi connectivity index (χ4v) is 3.68. The van der Waals surface area contributed by atoms with Gasteiger partial charge < -0.3 is 10.5 Å². The predicted octanol–water partition coefficient (Wildman–Crippen LogP) is 1.67.